The van der Waals surface area contributed by atoms with Crippen LogP contribution in [0.1, 0.15) is 18.4 Å². The summed E-state index contributed by atoms with van der Waals surface area (Å²) in [7, 11) is 0. The van der Waals surface area contributed by atoms with Gasteiger partial charge in [-0.3, -0.25) is 14.3 Å². The van der Waals surface area contributed by atoms with Gasteiger partial charge < -0.3 is 0 Å². The maximum Gasteiger partial charge on any atom is 0.0923 e. The Bertz CT molecular complexity index is 281. The Morgan fingerprint density at radius 1 is 1.27 bits per heavy atom. The second kappa shape index (κ2) is 5.21. The third kappa shape index (κ3) is 2.99. The molecule has 0 unspecified atom stereocenters. The van der Waals surface area contributed by atoms with Crippen LogP contribution in [0.15, 0.2) is 24.5 Å². The smallest absolute Gasteiger partial charge is 0.0923 e. The van der Waals surface area contributed by atoms with Crippen molar-refractivity contribution >= 4 is 0 Å². The lowest BCUT2D eigenvalue weighted by atomic mass is 9.98. The van der Waals surface area contributed by atoms with Crippen LogP contribution < -0.4 is 0 Å². The number of rotatable bonds is 3. The molecule has 0 aliphatic carbocycles. The van der Waals surface area contributed by atoms with Crippen molar-refractivity contribution in [3.63, 3.8) is 0 Å². The largest absolute Gasteiger partial charge is 0.299 e. The molecule has 1 aliphatic rings. The van der Waals surface area contributed by atoms with Crippen molar-refractivity contribution in [3.05, 3.63) is 30.1 Å². The van der Waals surface area contributed by atoms with Crippen LogP contribution in [-0.4, -0.2) is 29.6 Å². The summed E-state index contributed by atoms with van der Waals surface area (Å²) < 4.78 is 12.4. The molecular formula is C12H17FN2. The molecule has 0 N–H and O–H groups in total. The highest BCUT2D eigenvalue weighted by atomic mass is 19.1. The lowest BCUT2D eigenvalue weighted by Gasteiger charge is -2.30. The third-order valence-electron chi connectivity index (χ3n) is 3.08. The van der Waals surface area contributed by atoms with E-state index >= 15 is 0 Å². The van der Waals surface area contributed by atoms with Crippen LogP contribution in [0.2, 0.25) is 0 Å². The van der Waals surface area contributed by atoms with Gasteiger partial charge in [0.05, 0.1) is 6.67 Å². The summed E-state index contributed by atoms with van der Waals surface area (Å²) in [6.07, 6.45) is 5.65. The SMILES string of the molecule is FCC1CCN(Cc2ccncc2)CC1. The van der Waals surface area contributed by atoms with E-state index in [0.717, 1.165) is 32.5 Å². The van der Waals surface area contributed by atoms with Gasteiger partial charge in [0.2, 0.25) is 0 Å². The van der Waals surface area contributed by atoms with Crippen LogP contribution in [-0.2, 0) is 6.54 Å². The van der Waals surface area contributed by atoms with Crippen molar-refractivity contribution in [1.82, 2.24) is 9.88 Å². The van der Waals surface area contributed by atoms with Crippen molar-refractivity contribution in [2.75, 3.05) is 19.8 Å². The third-order valence-corrected chi connectivity index (χ3v) is 3.08. The maximum atomic E-state index is 12.4. The Kier molecular flexibility index (Phi) is 3.67. The minimum Gasteiger partial charge on any atom is -0.299 e. The van der Waals surface area contributed by atoms with Crippen LogP contribution in [0.5, 0.6) is 0 Å². The highest BCUT2D eigenvalue weighted by molar-refractivity contribution is 5.09. The summed E-state index contributed by atoms with van der Waals surface area (Å²) in [6, 6.07) is 4.09. The molecule has 1 fully saturated rings. The van der Waals surface area contributed by atoms with E-state index in [0.29, 0.717) is 5.92 Å². The number of hydrogen-bond donors (Lipinski definition) is 0. The molecule has 1 aliphatic heterocycles. The zero-order valence-corrected chi connectivity index (χ0v) is 8.90. The predicted molar refractivity (Wildman–Crippen MR) is 58.2 cm³/mol. The van der Waals surface area contributed by atoms with E-state index in [1.807, 2.05) is 24.5 Å². The van der Waals surface area contributed by atoms with E-state index in [2.05, 4.69) is 9.88 Å². The molecule has 0 spiro atoms. The summed E-state index contributed by atoms with van der Waals surface area (Å²) in [5.41, 5.74) is 1.30. The van der Waals surface area contributed by atoms with Crippen LogP contribution in [0.3, 0.4) is 0 Å². The van der Waals surface area contributed by atoms with Crippen LogP contribution in [0.25, 0.3) is 0 Å². The average Bonchev–Trinajstić information content (AvgIpc) is 2.31. The van der Waals surface area contributed by atoms with Crippen LogP contribution in [0.4, 0.5) is 4.39 Å². The first-order valence-corrected chi connectivity index (χ1v) is 5.55. The average molecular weight is 208 g/mol. The second-order valence-electron chi connectivity index (χ2n) is 4.23. The van der Waals surface area contributed by atoms with E-state index < -0.39 is 0 Å². The summed E-state index contributed by atoms with van der Waals surface area (Å²) >= 11 is 0. The van der Waals surface area contributed by atoms with Gasteiger partial charge in [0, 0.05) is 18.9 Å². The van der Waals surface area contributed by atoms with Gasteiger partial charge in [0.15, 0.2) is 0 Å². The zero-order valence-electron chi connectivity index (χ0n) is 8.90. The minimum atomic E-state index is -0.150. The summed E-state index contributed by atoms with van der Waals surface area (Å²) in [4.78, 5) is 6.39. The molecule has 2 rings (SSSR count). The molecule has 0 saturated carbocycles. The quantitative estimate of drug-likeness (QED) is 0.757. The summed E-state index contributed by atoms with van der Waals surface area (Å²) in [6.45, 7) is 2.87. The Morgan fingerprint density at radius 2 is 1.93 bits per heavy atom. The van der Waals surface area contributed by atoms with Gasteiger partial charge in [0.25, 0.3) is 0 Å². The molecule has 82 valence electrons. The lowest BCUT2D eigenvalue weighted by Crippen LogP contribution is -2.33. The monoisotopic (exact) mass is 208 g/mol. The number of piperidine rings is 1. The molecule has 0 atom stereocenters. The van der Waals surface area contributed by atoms with Gasteiger partial charge >= 0.3 is 0 Å². The molecule has 0 radical (unpaired) electrons. The lowest BCUT2D eigenvalue weighted by molar-refractivity contribution is 0.159. The minimum absolute atomic E-state index is 0.150. The van der Waals surface area contributed by atoms with E-state index in [4.69, 9.17) is 0 Å². The van der Waals surface area contributed by atoms with Crippen LogP contribution in [0, 0.1) is 5.92 Å². The first-order chi connectivity index (χ1) is 7.38. The predicted octanol–water partition coefficient (Wildman–Crippen LogP) is 2.26. The molecule has 1 aromatic heterocycles. The maximum absolute atomic E-state index is 12.4. The standard InChI is InChI=1S/C12H17FN2/c13-9-11-3-7-15(8-4-11)10-12-1-5-14-6-2-12/h1-2,5-6,11H,3-4,7-10H2. The van der Waals surface area contributed by atoms with E-state index in [1.54, 1.807) is 0 Å². The molecule has 2 nitrogen and oxygen atoms in total. The van der Waals surface area contributed by atoms with Gasteiger partial charge in [-0.15, -0.1) is 0 Å². The van der Waals surface area contributed by atoms with Crippen molar-refractivity contribution in [2.45, 2.75) is 19.4 Å². The molecule has 15 heavy (non-hydrogen) atoms. The fourth-order valence-corrected chi connectivity index (χ4v) is 2.05. The molecular weight excluding hydrogens is 191 g/mol. The van der Waals surface area contributed by atoms with Crippen molar-refractivity contribution < 1.29 is 4.39 Å². The highest BCUT2D eigenvalue weighted by Crippen LogP contribution is 2.18. The molecule has 0 bridgehead atoms. The second-order valence-corrected chi connectivity index (χ2v) is 4.23. The normalized spacial score (nSPS) is 19.3. The fourth-order valence-electron chi connectivity index (χ4n) is 2.05. The van der Waals surface area contributed by atoms with E-state index in [-0.39, 0.29) is 6.67 Å². The van der Waals surface area contributed by atoms with Crippen molar-refractivity contribution in [2.24, 2.45) is 5.92 Å². The molecule has 1 saturated heterocycles. The topological polar surface area (TPSA) is 16.1 Å². The first kappa shape index (κ1) is 10.6. The summed E-state index contributed by atoms with van der Waals surface area (Å²) in [5, 5.41) is 0. The number of likely N-dealkylation sites (tertiary alicyclic amines) is 1. The number of halogens is 1. The Hall–Kier alpha value is -0.960. The number of aromatic nitrogens is 1. The summed E-state index contributed by atoms with van der Waals surface area (Å²) in [5.74, 6) is 0.304. The van der Waals surface area contributed by atoms with Crippen molar-refractivity contribution in [3.8, 4) is 0 Å². The van der Waals surface area contributed by atoms with Crippen LogP contribution >= 0.6 is 0 Å². The van der Waals surface area contributed by atoms with Gasteiger partial charge in [0.1, 0.15) is 0 Å². The fraction of sp³-hybridized carbons (Fsp3) is 0.583. The Labute approximate surface area is 90.1 Å². The molecule has 3 heteroatoms. The van der Waals surface area contributed by atoms with Gasteiger partial charge in [-0.25, -0.2) is 0 Å². The van der Waals surface area contributed by atoms with E-state index in [9.17, 15) is 4.39 Å². The highest BCUT2D eigenvalue weighted by Gasteiger charge is 2.18. The Morgan fingerprint density at radius 3 is 2.53 bits per heavy atom. The Balaban J connectivity index is 1.82. The van der Waals surface area contributed by atoms with Gasteiger partial charge in [-0.05, 0) is 49.5 Å². The molecule has 2 heterocycles. The zero-order chi connectivity index (χ0) is 10.5. The van der Waals surface area contributed by atoms with Gasteiger partial charge in [-0.1, -0.05) is 0 Å². The van der Waals surface area contributed by atoms with E-state index in [1.165, 1.54) is 5.56 Å². The first-order valence-electron chi connectivity index (χ1n) is 5.55. The van der Waals surface area contributed by atoms with Crippen molar-refractivity contribution in [1.29, 1.82) is 0 Å². The number of nitrogens with zero attached hydrogens (tertiary/aromatic N) is 2. The number of hydrogen-bond acceptors (Lipinski definition) is 2. The molecule has 0 amide bonds. The number of alkyl halides is 1. The molecule has 1 aromatic rings. The molecule has 0 aromatic carbocycles. The van der Waals surface area contributed by atoms with Gasteiger partial charge in [-0.2, -0.15) is 0 Å². The number of pyridine rings is 1.